The van der Waals surface area contributed by atoms with Gasteiger partial charge in [-0.3, -0.25) is 4.90 Å². The Balaban J connectivity index is 1.94. The van der Waals surface area contributed by atoms with E-state index < -0.39 is 12.0 Å². The van der Waals surface area contributed by atoms with E-state index in [1.165, 1.54) is 0 Å². The van der Waals surface area contributed by atoms with Crippen molar-refractivity contribution in [2.75, 3.05) is 32.8 Å². The Hall–Kier alpha value is -2.54. The summed E-state index contributed by atoms with van der Waals surface area (Å²) < 4.78 is 10.8. The molecule has 0 aliphatic carbocycles. The Kier molecular flexibility index (Phi) is 6.34. The molecule has 0 bridgehead atoms. The van der Waals surface area contributed by atoms with E-state index in [0.29, 0.717) is 24.4 Å². The molecule has 0 aromatic heterocycles. The average Bonchev–Trinajstić information content (AvgIpc) is 3.15. The summed E-state index contributed by atoms with van der Waals surface area (Å²) in [6, 6.07) is 6.57. The van der Waals surface area contributed by atoms with Crippen molar-refractivity contribution in [3.63, 3.8) is 0 Å². The number of amides is 2. The van der Waals surface area contributed by atoms with Crippen LogP contribution in [-0.4, -0.2) is 49.7 Å². The summed E-state index contributed by atoms with van der Waals surface area (Å²) >= 11 is 0. The fourth-order valence-electron chi connectivity index (χ4n) is 3.53. The van der Waals surface area contributed by atoms with Crippen molar-refractivity contribution >= 4 is 12.0 Å². The van der Waals surface area contributed by atoms with Crippen molar-refractivity contribution in [3.05, 3.63) is 41.1 Å². The molecule has 1 aromatic rings. The summed E-state index contributed by atoms with van der Waals surface area (Å²) in [6.45, 7) is 7.04. The van der Waals surface area contributed by atoms with Crippen LogP contribution in [0.15, 0.2) is 35.5 Å². The largest absolute Gasteiger partial charge is 0.494 e. The number of esters is 1. The predicted molar refractivity (Wildman–Crippen MR) is 101 cm³/mol. The Morgan fingerprint density at radius 2 is 1.85 bits per heavy atom. The second kappa shape index (κ2) is 8.90. The fourth-order valence-corrected chi connectivity index (χ4v) is 3.53. The molecule has 27 heavy (non-hydrogen) atoms. The van der Waals surface area contributed by atoms with E-state index in [1.807, 2.05) is 31.2 Å². The quantitative estimate of drug-likeness (QED) is 0.717. The predicted octanol–water partition coefficient (Wildman–Crippen LogP) is 2.35. The van der Waals surface area contributed by atoms with Gasteiger partial charge in [-0.1, -0.05) is 12.1 Å². The third-order valence-electron chi connectivity index (χ3n) is 4.75. The van der Waals surface area contributed by atoms with Gasteiger partial charge in [0.1, 0.15) is 5.75 Å². The number of benzene rings is 1. The van der Waals surface area contributed by atoms with Crippen LogP contribution >= 0.6 is 0 Å². The van der Waals surface area contributed by atoms with E-state index in [9.17, 15) is 9.59 Å². The minimum atomic E-state index is -0.550. The van der Waals surface area contributed by atoms with Gasteiger partial charge in [-0.25, -0.2) is 9.59 Å². The molecule has 2 aliphatic heterocycles. The third kappa shape index (κ3) is 4.60. The van der Waals surface area contributed by atoms with Gasteiger partial charge in [-0.2, -0.15) is 0 Å². The van der Waals surface area contributed by atoms with Crippen LogP contribution in [0.4, 0.5) is 4.79 Å². The SMILES string of the molecule is CCOC(=O)C1=C(CN2CCCC2)NC(=O)N[C@@H]1c1ccc(OCC)cc1. The normalized spacial score (nSPS) is 20.2. The lowest BCUT2D eigenvalue weighted by molar-refractivity contribution is -0.139. The Morgan fingerprint density at radius 1 is 1.15 bits per heavy atom. The summed E-state index contributed by atoms with van der Waals surface area (Å²) in [6.07, 6.45) is 2.27. The molecule has 0 radical (unpaired) electrons. The topological polar surface area (TPSA) is 79.9 Å². The van der Waals surface area contributed by atoms with Crippen LogP contribution in [0.2, 0.25) is 0 Å². The molecule has 0 saturated carbocycles. The highest BCUT2D eigenvalue weighted by molar-refractivity contribution is 5.95. The van der Waals surface area contributed by atoms with E-state index in [0.717, 1.165) is 37.2 Å². The van der Waals surface area contributed by atoms with Crippen LogP contribution in [-0.2, 0) is 9.53 Å². The molecule has 146 valence electrons. The first kappa shape index (κ1) is 19.2. The molecular weight excluding hydrogens is 346 g/mol. The van der Waals surface area contributed by atoms with E-state index in [-0.39, 0.29) is 12.6 Å². The summed E-state index contributed by atoms with van der Waals surface area (Å²) in [4.78, 5) is 27.2. The zero-order valence-corrected chi connectivity index (χ0v) is 15.9. The molecule has 1 atom stereocenters. The van der Waals surface area contributed by atoms with Gasteiger partial charge in [0.25, 0.3) is 0 Å². The molecule has 7 nitrogen and oxygen atoms in total. The summed E-state index contributed by atoms with van der Waals surface area (Å²) in [5, 5.41) is 5.69. The molecule has 0 spiro atoms. The summed E-state index contributed by atoms with van der Waals surface area (Å²) in [5.74, 6) is 0.346. The van der Waals surface area contributed by atoms with Crippen molar-refractivity contribution in [3.8, 4) is 5.75 Å². The van der Waals surface area contributed by atoms with Gasteiger partial charge in [0, 0.05) is 12.2 Å². The highest BCUT2D eigenvalue weighted by atomic mass is 16.5. The zero-order valence-electron chi connectivity index (χ0n) is 15.9. The molecule has 2 N–H and O–H groups in total. The lowest BCUT2D eigenvalue weighted by Crippen LogP contribution is -2.48. The maximum atomic E-state index is 12.7. The maximum absolute atomic E-state index is 12.7. The number of nitrogens with one attached hydrogen (secondary N) is 2. The number of nitrogens with zero attached hydrogens (tertiary/aromatic N) is 1. The first-order valence-corrected chi connectivity index (χ1v) is 9.55. The Bertz CT molecular complexity index is 708. The number of rotatable bonds is 7. The van der Waals surface area contributed by atoms with Crippen LogP contribution in [0.25, 0.3) is 0 Å². The number of carbonyl (C=O) groups excluding carboxylic acids is 2. The summed E-state index contributed by atoms with van der Waals surface area (Å²) in [7, 11) is 0. The van der Waals surface area contributed by atoms with Gasteiger partial charge in [0.15, 0.2) is 0 Å². The molecule has 1 fully saturated rings. The highest BCUT2D eigenvalue weighted by Crippen LogP contribution is 2.29. The van der Waals surface area contributed by atoms with E-state index in [4.69, 9.17) is 9.47 Å². The van der Waals surface area contributed by atoms with Crippen molar-refractivity contribution in [2.45, 2.75) is 32.7 Å². The highest BCUT2D eigenvalue weighted by Gasteiger charge is 2.34. The van der Waals surface area contributed by atoms with Crippen LogP contribution in [0.1, 0.15) is 38.3 Å². The number of likely N-dealkylation sites (tertiary alicyclic amines) is 1. The van der Waals surface area contributed by atoms with E-state index >= 15 is 0 Å². The molecular formula is C20H27N3O4. The zero-order chi connectivity index (χ0) is 19.2. The van der Waals surface area contributed by atoms with E-state index in [1.54, 1.807) is 6.92 Å². The van der Waals surface area contributed by atoms with Gasteiger partial charge in [0.2, 0.25) is 0 Å². The molecule has 1 saturated heterocycles. The van der Waals surface area contributed by atoms with Gasteiger partial charge in [-0.15, -0.1) is 0 Å². The number of hydrogen-bond donors (Lipinski definition) is 2. The van der Waals surface area contributed by atoms with Crippen LogP contribution in [0.3, 0.4) is 0 Å². The summed E-state index contributed by atoms with van der Waals surface area (Å²) in [5.41, 5.74) is 1.90. The minimum absolute atomic E-state index is 0.281. The van der Waals surface area contributed by atoms with Crippen LogP contribution in [0.5, 0.6) is 5.75 Å². The van der Waals surface area contributed by atoms with Gasteiger partial charge in [0.05, 0.1) is 24.8 Å². The molecule has 2 aliphatic rings. The van der Waals surface area contributed by atoms with Crippen LogP contribution < -0.4 is 15.4 Å². The smallest absolute Gasteiger partial charge is 0.338 e. The third-order valence-corrected chi connectivity index (χ3v) is 4.75. The van der Waals surface area contributed by atoms with Gasteiger partial charge >= 0.3 is 12.0 Å². The van der Waals surface area contributed by atoms with Crippen molar-refractivity contribution in [2.24, 2.45) is 0 Å². The van der Waals surface area contributed by atoms with Gasteiger partial charge in [-0.05, 0) is 57.5 Å². The Labute approximate surface area is 159 Å². The van der Waals surface area contributed by atoms with Crippen LogP contribution in [0, 0.1) is 0 Å². The maximum Gasteiger partial charge on any atom is 0.338 e. The molecule has 7 heteroatoms. The number of ether oxygens (including phenoxy) is 2. The molecule has 1 aromatic carbocycles. The minimum Gasteiger partial charge on any atom is -0.494 e. The number of hydrogen-bond acceptors (Lipinski definition) is 5. The molecule has 2 amide bonds. The van der Waals surface area contributed by atoms with Crippen molar-refractivity contribution in [1.29, 1.82) is 0 Å². The second-order valence-corrected chi connectivity index (χ2v) is 6.63. The Morgan fingerprint density at radius 3 is 2.48 bits per heavy atom. The molecule has 0 unspecified atom stereocenters. The monoisotopic (exact) mass is 373 g/mol. The van der Waals surface area contributed by atoms with E-state index in [2.05, 4.69) is 15.5 Å². The standard InChI is InChI=1S/C20H27N3O4/c1-3-26-15-9-7-14(8-10-15)18-17(19(24)27-4-2)16(21-20(25)22-18)13-23-11-5-6-12-23/h7-10,18H,3-6,11-13H2,1-2H3,(H2,21,22,25)/t18-/m1/s1. The van der Waals surface area contributed by atoms with Crippen molar-refractivity contribution in [1.82, 2.24) is 15.5 Å². The average molecular weight is 373 g/mol. The fraction of sp³-hybridized carbons (Fsp3) is 0.500. The number of urea groups is 1. The number of carbonyl (C=O) groups is 2. The van der Waals surface area contributed by atoms with Crippen molar-refractivity contribution < 1.29 is 19.1 Å². The van der Waals surface area contributed by atoms with Gasteiger partial charge < -0.3 is 20.1 Å². The second-order valence-electron chi connectivity index (χ2n) is 6.63. The lowest BCUT2D eigenvalue weighted by atomic mass is 9.95. The first-order chi connectivity index (χ1) is 13.1. The lowest BCUT2D eigenvalue weighted by Gasteiger charge is -2.31. The first-order valence-electron chi connectivity index (χ1n) is 9.55. The molecule has 3 rings (SSSR count). The molecule has 2 heterocycles.